The van der Waals surface area contributed by atoms with Crippen molar-refractivity contribution in [3.05, 3.63) is 34.9 Å². The molecular weight excluding hydrogens is 176 g/mol. The number of Topliss-reactive ketones (excluding diaryl/α,β-unsaturated/α-hetero) is 1. The van der Waals surface area contributed by atoms with Crippen LogP contribution in [-0.4, -0.2) is 12.1 Å². The van der Waals surface area contributed by atoms with Crippen LogP contribution in [0.2, 0.25) is 0 Å². The molecule has 2 heteroatoms. The minimum absolute atomic E-state index is 0.0127. The van der Waals surface area contributed by atoms with Gasteiger partial charge in [-0.3, -0.25) is 4.79 Å². The molecule has 1 aromatic carbocycles. The van der Waals surface area contributed by atoms with Crippen LogP contribution in [0.25, 0.3) is 0 Å². The lowest BCUT2D eigenvalue weighted by Crippen LogP contribution is -2.23. The SMILES string of the molecule is Cc1ccc2c(c1)CCC(C=O)C2=O. The normalized spacial score (nSPS) is 20.4. The molecule has 0 heterocycles. The van der Waals surface area contributed by atoms with E-state index in [1.54, 1.807) is 0 Å². The second kappa shape index (κ2) is 3.37. The van der Waals surface area contributed by atoms with Crippen molar-refractivity contribution in [1.29, 1.82) is 0 Å². The summed E-state index contributed by atoms with van der Waals surface area (Å²) in [6.45, 7) is 2.01. The van der Waals surface area contributed by atoms with Gasteiger partial charge in [-0.05, 0) is 25.3 Å². The fourth-order valence-electron chi connectivity index (χ4n) is 1.94. The third kappa shape index (κ3) is 1.37. The number of hydrogen-bond donors (Lipinski definition) is 0. The highest BCUT2D eigenvalue weighted by molar-refractivity contribution is 6.07. The van der Waals surface area contributed by atoms with E-state index in [1.807, 2.05) is 25.1 Å². The van der Waals surface area contributed by atoms with Crippen molar-refractivity contribution in [1.82, 2.24) is 0 Å². The van der Waals surface area contributed by atoms with Gasteiger partial charge in [-0.25, -0.2) is 0 Å². The van der Waals surface area contributed by atoms with Gasteiger partial charge in [0.15, 0.2) is 5.78 Å². The quantitative estimate of drug-likeness (QED) is 0.498. The molecule has 0 aromatic heterocycles. The molecule has 0 fully saturated rings. The summed E-state index contributed by atoms with van der Waals surface area (Å²) in [5, 5.41) is 0. The van der Waals surface area contributed by atoms with Gasteiger partial charge in [0.25, 0.3) is 0 Å². The first-order valence-corrected chi connectivity index (χ1v) is 4.81. The summed E-state index contributed by atoms with van der Waals surface area (Å²) in [5.41, 5.74) is 2.99. The van der Waals surface area contributed by atoms with E-state index in [4.69, 9.17) is 0 Å². The zero-order valence-electron chi connectivity index (χ0n) is 8.12. The average Bonchev–Trinajstić information content (AvgIpc) is 2.18. The van der Waals surface area contributed by atoms with Gasteiger partial charge in [-0.1, -0.05) is 23.8 Å². The first kappa shape index (κ1) is 9.13. The van der Waals surface area contributed by atoms with Gasteiger partial charge in [-0.2, -0.15) is 0 Å². The molecule has 1 aliphatic carbocycles. The predicted octanol–water partition coefficient (Wildman–Crippen LogP) is 1.94. The Morgan fingerprint density at radius 2 is 2.21 bits per heavy atom. The molecule has 0 saturated carbocycles. The molecule has 1 aliphatic rings. The molecule has 0 spiro atoms. The van der Waals surface area contributed by atoms with Gasteiger partial charge in [0.1, 0.15) is 6.29 Å². The summed E-state index contributed by atoms with van der Waals surface area (Å²) in [4.78, 5) is 22.4. The molecule has 0 radical (unpaired) electrons. The van der Waals surface area contributed by atoms with Crippen LogP contribution in [0.4, 0.5) is 0 Å². The number of aryl methyl sites for hydroxylation is 2. The smallest absolute Gasteiger partial charge is 0.173 e. The highest BCUT2D eigenvalue weighted by atomic mass is 16.1. The van der Waals surface area contributed by atoms with Crippen molar-refractivity contribution in [2.45, 2.75) is 19.8 Å². The van der Waals surface area contributed by atoms with E-state index in [9.17, 15) is 9.59 Å². The second-order valence-corrected chi connectivity index (χ2v) is 3.81. The Kier molecular flexibility index (Phi) is 2.20. The number of benzene rings is 1. The van der Waals surface area contributed by atoms with E-state index < -0.39 is 5.92 Å². The molecule has 0 N–H and O–H groups in total. The first-order chi connectivity index (χ1) is 6.72. The third-order valence-corrected chi connectivity index (χ3v) is 2.75. The fraction of sp³-hybridized carbons (Fsp3) is 0.333. The van der Waals surface area contributed by atoms with Gasteiger partial charge >= 0.3 is 0 Å². The average molecular weight is 188 g/mol. The van der Waals surface area contributed by atoms with E-state index >= 15 is 0 Å². The van der Waals surface area contributed by atoms with Crippen LogP contribution in [0.1, 0.15) is 27.9 Å². The van der Waals surface area contributed by atoms with Gasteiger partial charge in [0, 0.05) is 5.56 Å². The van der Waals surface area contributed by atoms with Gasteiger partial charge in [0.2, 0.25) is 0 Å². The molecule has 1 unspecified atom stereocenters. The third-order valence-electron chi connectivity index (χ3n) is 2.75. The van der Waals surface area contributed by atoms with Crippen LogP contribution in [0.15, 0.2) is 18.2 Å². The molecule has 14 heavy (non-hydrogen) atoms. The second-order valence-electron chi connectivity index (χ2n) is 3.81. The highest BCUT2D eigenvalue weighted by Crippen LogP contribution is 2.25. The molecule has 2 rings (SSSR count). The molecular formula is C12H12O2. The molecule has 0 aliphatic heterocycles. The summed E-state index contributed by atoms with van der Waals surface area (Å²) >= 11 is 0. The van der Waals surface area contributed by atoms with Crippen LogP contribution >= 0.6 is 0 Å². The minimum atomic E-state index is -0.412. The van der Waals surface area contributed by atoms with Crippen LogP contribution < -0.4 is 0 Å². The van der Waals surface area contributed by atoms with Crippen molar-refractivity contribution in [3.63, 3.8) is 0 Å². The zero-order valence-corrected chi connectivity index (χ0v) is 8.12. The lowest BCUT2D eigenvalue weighted by molar-refractivity contribution is -0.110. The summed E-state index contributed by atoms with van der Waals surface area (Å²) in [6.07, 6.45) is 2.27. The number of fused-ring (bicyclic) bond motifs is 1. The number of ketones is 1. The van der Waals surface area contributed by atoms with Crippen LogP contribution in [0.3, 0.4) is 0 Å². The molecule has 72 valence electrons. The number of carbonyl (C=O) groups is 2. The topological polar surface area (TPSA) is 34.1 Å². The Labute approximate surface area is 82.9 Å². The first-order valence-electron chi connectivity index (χ1n) is 4.81. The van der Waals surface area contributed by atoms with Crippen molar-refractivity contribution in [2.24, 2.45) is 5.92 Å². The molecule has 2 nitrogen and oxygen atoms in total. The Morgan fingerprint density at radius 1 is 1.43 bits per heavy atom. The maximum absolute atomic E-state index is 11.7. The molecule has 0 amide bonds. The zero-order chi connectivity index (χ0) is 10.1. The number of rotatable bonds is 1. The van der Waals surface area contributed by atoms with Crippen molar-refractivity contribution in [3.8, 4) is 0 Å². The number of aldehydes is 1. The van der Waals surface area contributed by atoms with E-state index in [0.717, 1.165) is 23.8 Å². The number of carbonyl (C=O) groups excluding carboxylic acids is 2. The molecule has 0 saturated heterocycles. The van der Waals surface area contributed by atoms with Crippen LogP contribution in [0.5, 0.6) is 0 Å². The largest absolute Gasteiger partial charge is 0.303 e. The van der Waals surface area contributed by atoms with Crippen LogP contribution in [0, 0.1) is 12.8 Å². The summed E-state index contributed by atoms with van der Waals surface area (Å²) in [7, 11) is 0. The van der Waals surface area contributed by atoms with E-state index in [0.29, 0.717) is 6.42 Å². The Balaban J connectivity index is 2.46. The summed E-state index contributed by atoms with van der Waals surface area (Å²) in [6, 6.07) is 5.79. The van der Waals surface area contributed by atoms with Crippen molar-refractivity contribution in [2.75, 3.05) is 0 Å². The van der Waals surface area contributed by atoms with Gasteiger partial charge in [0.05, 0.1) is 5.92 Å². The predicted molar refractivity (Wildman–Crippen MR) is 53.4 cm³/mol. The monoisotopic (exact) mass is 188 g/mol. The Bertz CT molecular complexity index is 393. The Morgan fingerprint density at radius 3 is 2.93 bits per heavy atom. The maximum atomic E-state index is 11.7. The molecule has 1 atom stereocenters. The highest BCUT2D eigenvalue weighted by Gasteiger charge is 2.26. The summed E-state index contributed by atoms with van der Waals surface area (Å²) < 4.78 is 0. The summed E-state index contributed by atoms with van der Waals surface area (Å²) in [5.74, 6) is -0.425. The van der Waals surface area contributed by atoms with Crippen molar-refractivity contribution >= 4 is 12.1 Å². The fourth-order valence-corrected chi connectivity index (χ4v) is 1.94. The lowest BCUT2D eigenvalue weighted by Gasteiger charge is -2.19. The molecule has 0 bridgehead atoms. The standard InChI is InChI=1S/C12H12O2/c1-8-2-5-11-9(6-8)3-4-10(7-13)12(11)14/h2,5-7,10H,3-4H2,1H3. The van der Waals surface area contributed by atoms with E-state index in [1.165, 1.54) is 5.56 Å². The molecule has 1 aromatic rings. The number of hydrogen-bond acceptors (Lipinski definition) is 2. The minimum Gasteiger partial charge on any atom is -0.303 e. The van der Waals surface area contributed by atoms with E-state index in [2.05, 4.69) is 0 Å². The Hall–Kier alpha value is -1.44. The maximum Gasteiger partial charge on any atom is 0.173 e. The van der Waals surface area contributed by atoms with Gasteiger partial charge in [-0.15, -0.1) is 0 Å². The van der Waals surface area contributed by atoms with Gasteiger partial charge < -0.3 is 4.79 Å². The lowest BCUT2D eigenvalue weighted by atomic mass is 9.83. The van der Waals surface area contributed by atoms with Crippen molar-refractivity contribution < 1.29 is 9.59 Å². The van der Waals surface area contributed by atoms with E-state index in [-0.39, 0.29) is 5.78 Å². The van der Waals surface area contributed by atoms with Crippen LogP contribution in [-0.2, 0) is 11.2 Å².